The van der Waals surface area contributed by atoms with Crippen LogP contribution in [0.1, 0.15) is 23.2 Å². The van der Waals surface area contributed by atoms with Crippen molar-refractivity contribution in [3.05, 3.63) is 29.8 Å². The van der Waals surface area contributed by atoms with Gasteiger partial charge in [-0.05, 0) is 37.1 Å². The van der Waals surface area contributed by atoms with Crippen molar-refractivity contribution in [2.75, 3.05) is 32.8 Å². The first-order valence-corrected chi connectivity index (χ1v) is 9.57. The van der Waals surface area contributed by atoms with Gasteiger partial charge in [-0.3, -0.25) is 4.79 Å². The Balaban J connectivity index is 1.78. The molecular weight excluding hydrogens is 348 g/mol. The Labute approximate surface area is 146 Å². The van der Waals surface area contributed by atoms with Crippen LogP contribution in [0.15, 0.2) is 29.2 Å². The largest absolute Gasteiger partial charge is 0.480 e. The molecule has 2 heterocycles. The highest BCUT2D eigenvalue weighted by Gasteiger charge is 2.34. The number of amides is 1. The fraction of sp³-hybridized carbons (Fsp3) is 0.500. The quantitative estimate of drug-likeness (QED) is 0.825. The third kappa shape index (κ3) is 3.53. The van der Waals surface area contributed by atoms with E-state index in [1.54, 1.807) is 0 Å². The monoisotopic (exact) mass is 368 g/mol. The van der Waals surface area contributed by atoms with Gasteiger partial charge in [0.25, 0.3) is 5.91 Å². The summed E-state index contributed by atoms with van der Waals surface area (Å²) in [5.74, 6) is -1.41. The molecular formula is C16H20N2O6S. The van der Waals surface area contributed by atoms with E-state index in [-0.39, 0.29) is 16.4 Å². The highest BCUT2D eigenvalue weighted by atomic mass is 32.2. The molecule has 3 rings (SSSR count). The van der Waals surface area contributed by atoms with Gasteiger partial charge in [0.05, 0.1) is 18.1 Å². The molecule has 1 unspecified atom stereocenters. The first-order chi connectivity index (χ1) is 11.9. The number of hydrogen-bond donors (Lipinski definition) is 1. The lowest BCUT2D eigenvalue weighted by molar-refractivity contribution is -0.141. The molecule has 0 spiro atoms. The van der Waals surface area contributed by atoms with E-state index in [9.17, 15) is 23.1 Å². The summed E-state index contributed by atoms with van der Waals surface area (Å²) in [6, 6.07) is 4.84. The number of benzene rings is 1. The number of ether oxygens (including phenoxy) is 1. The number of rotatable bonds is 4. The zero-order valence-corrected chi connectivity index (χ0v) is 14.4. The summed E-state index contributed by atoms with van der Waals surface area (Å²) in [7, 11) is -3.61. The van der Waals surface area contributed by atoms with Crippen LogP contribution in [0.5, 0.6) is 0 Å². The van der Waals surface area contributed by atoms with E-state index >= 15 is 0 Å². The normalized spacial score (nSPS) is 22.1. The van der Waals surface area contributed by atoms with Crippen LogP contribution >= 0.6 is 0 Å². The Kier molecular flexibility index (Phi) is 5.07. The van der Waals surface area contributed by atoms with Crippen molar-refractivity contribution in [1.29, 1.82) is 0 Å². The van der Waals surface area contributed by atoms with Gasteiger partial charge in [-0.2, -0.15) is 4.31 Å². The van der Waals surface area contributed by atoms with E-state index in [0.29, 0.717) is 45.7 Å². The predicted molar refractivity (Wildman–Crippen MR) is 87.7 cm³/mol. The lowest BCUT2D eigenvalue weighted by atomic mass is 10.1. The summed E-state index contributed by atoms with van der Waals surface area (Å²) < 4.78 is 31.6. The number of hydrogen-bond acceptors (Lipinski definition) is 5. The molecule has 1 N–H and O–H groups in total. The number of sulfonamides is 1. The molecule has 0 bridgehead atoms. The number of morpholine rings is 1. The van der Waals surface area contributed by atoms with Gasteiger partial charge in [-0.1, -0.05) is 0 Å². The zero-order valence-electron chi connectivity index (χ0n) is 13.6. The van der Waals surface area contributed by atoms with Crippen molar-refractivity contribution in [1.82, 2.24) is 9.21 Å². The molecule has 1 aromatic rings. The second kappa shape index (κ2) is 7.11. The van der Waals surface area contributed by atoms with Crippen molar-refractivity contribution < 1.29 is 27.9 Å². The lowest BCUT2D eigenvalue weighted by Crippen LogP contribution is -2.41. The maximum absolute atomic E-state index is 12.6. The molecule has 25 heavy (non-hydrogen) atoms. The number of nitrogens with zero attached hydrogens (tertiary/aromatic N) is 2. The van der Waals surface area contributed by atoms with E-state index < -0.39 is 22.0 Å². The molecule has 0 saturated carbocycles. The first-order valence-electron chi connectivity index (χ1n) is 8.13. The summed E-state index contributed by atoms with van der Waals surface area (Å²) in [5, 5.41) is 9.19. The van der Waals surface area contributed by atoms with E-state index in [2.05, 4.69) is 0 Å². The third-order valence-corrected chi connectivity index (χ3v) is 6.42. The van der Waals surface area contributed by atoms with Gasteiger partial charge < -0.3 is 14.7 Å². The van der Waals surface area contributed by atoms with Crippen LogP contribution in [-0.2, 0) is 19.6 Å². The number of carboxylic acid groups (broad SMARTS) is 1. The van der Waals surface area contributed by atoms with Crippen molar-refractivity contribution in [2.45, 2.75) is 23.8 Å². The third-order valence-electron chi connectivity index (χ3n) is 4.51. The van der Waals surface area contributed by atoms with Gasteiger partial charge in [-0.25, -0.2) is 13.2 Å². The minimum atomic E-state index is -3.61. The minimum Gasteiger partial charge on any atom is -0.480 e. The van der Waals surface area contributed by atoms with Gasteiger partial charge in [0.15, 0.2) is 0 Å². The van der Waals surface area contributed by atoms with Crippen LogP contribution in [0.4, 0.5) is 0 Å². The van der Waals surface area contributed by atoms with Crippen LogP contribution in [0.3, 0.4) is 0 Å². The molecule has 136 valence electrons. The topological polar surface area (TPSA) is 104 Å². The molecule has 0 aromatic heterocycles. The van der Waals surface area contributed by atoms with Gasteiger partial charge in [-0.15, -0.1) is 0 Å². The Morgan fingerprint density at radius 1 is 1.08 bits per heavy atom. The summed E-state index contributed by atoms with van der Waals surface area (Å²) in [6.07, 6.45) is 1.08. The maximum atomic E-state index is 12.6. The lowest BCUT2D eigenvalue weighted by Gasteiger charge is -2.26. The Hall–Kier alpha value is -1.97. The summed E-state index contributed by atoms with van der Waals surface area (Å²) >= 11 is 0. The smallest absolute Gasteiger partial charge is 0.326 e. The maximum Gasteiger partial charge on any atom is 0.326 e. The second-order valence-electron chi connectivity index (χ2n) is 6.04. The number of carboxylic acids is 1. The molecule has 0 radical (unpaired) electrons. The molecule has 2 fully saturated rings. The Morgan fingerprint density at radius 2 is 1.72 bits per heavy atom. The number of carbonyl (C=O) groups excluding carboxylic acids is 1. The number of carbonyl (C=O) groups is 2. The van der Waals surface area contributed by atoms with Gasteiger partial charge in [0, 0.05) is 25.2 Å². The van der Waals surface area contributed by atoms with E-state index in [1.807, 2.05) is 0 Å². The highest BCUT2D eigenvalue weighted by molar-refractivity contribution is 7.89. The minimum absolute atomic E-state index is 0.113. The molecule has 9 heteroatoms. The molecule has 1 aromatic carbocycles. The fourth-order valence-electron chi connectivity index (χ4n) is 3.14. The summed E-state index contributed by atoms with van der Waals surface area (Å²) in [6.45, 7) is 1.72. The van der Waals surface area contributed by atoms with E-state index in [0.717, 1.165) is 0 Å². The fourth-order valence-corrected chi connectivity index (χ4v) is 4.55. The molecule has 2 aliphatic heterocycles. The average molecular weight is 368 g/mol. The molecule has 0 aliphatic carbocycles. The molecule has 1 atom stereocenters. The standard InChI is InChI=1S/C16H20N2O6S/c19-15(18-7-1-2-14(18)16(20)21)12-3-5-13(6-4-12)25(22,23)17-8-10-24-11-9-17/h3-6,14H,1-2,7-11H2,(H,20,21). The average Bonchev–Trinajstić information content (AvgIpc) is 3.12. The van der Waals surface area contributed by atoms with Crippen molar-refractivity contribution in [3.63, 3.8) is 0 Å². The van der Waals surface area contributed by atoms with E-state index in [4.69, 9.17) is 4.74 Å². The van der Waals surface area contributed by atoms with E-state index in [1.165, 1.54) is 33.5 Å². The molecule has 2 saturated heterocycles. The highest BCUT2D eigenvalue weighted by Crippen LogP contribution is 2.22. The van der Waals surface area contributed by atoms with Crippen LogP contribution in [0.25, 0.3) is 0 Å². The van der Waals surface area contributed by atoms with Gasteiger partial charge in [0.1, 0.15) is 6.04 Å². The number of aliphatic carboxylic acids is 1. The van der Waals surface area contributed by atoms with Crippen LogP contribution in [0.2, 0.25) is 0 Å². The molecule has 8 nitrogen and oxygen atoms in total. The van der Waals surface area contributed by atoms with Crippen LogP contribution < -0.4 is 0 Å². The van der Waals surface area contributed by atoms with Gasteiger partial charge >= 0.3 is 5.97 Å². The van der Waals surface area contributed by atoms with Crippen molar-refractivity contribution in [3.8, 4) is 0 Å². The van der Waals surface area contributed by atoms with Crippen molar-refractivity contribution >= 4 is 21.9 Å². The van der Waals surface area contributed by atoms with Crippen LogP contribution in [-0.4, -0.2) is 73.5 Å². The van der Waals surface area contributed by atoms with Gasteiger partial charge in [0.2, 0.25) is 10.0 Å². The summed E-state index contributed by atoms with van der Waals surface area (Å²) in [4.78, 5) is 25.2. The SMILES string of the molecule is O=C(O)C1CCCN1C(=O)c1ccc(S(=O)(=O)N2CCOCC2)cc1. The zero-order chi connectivity index (χ0) is 18.0. The second-order valence-corrected chi connectivity index (χ2v) is 7.97. The van der Waals surface area contributed by atoms with Crippen LogP contribution in [0, 0.1) is 0 Å². The number of likely N-dealkylation sites (tertiary alicyclic amines) is 1. The summed E-state index contributed by atoms with van der Waals surface area (Å²) in [5.41, 5.74) is 0.286. The first kappa shape index (κ1) is 17.8. The predicted octanol–water partition coefficient (Wildman–Crippen LogP) is 0.397. The Bertz CT molecular complexity index is 755. The molecule has 2 aliphatic rings. The molecule has 1 amide bonds. The van der Waals surface area contributed by atoms with Crippen molar-refractivity contribution in [2.24, 2.45) is 0 Å². The Morgan fingerprint density at radius 3 is 2.32 bits per heavy atom.